The molecule has 2 heteroatoms. The molecule has 0 radical (unpaired) electrons. The van der Waals surface area contributed by atoms with Gasteiger partial charge in [0.2, 0.25) is 0 Å². The second-order valence-electron chi connectivity index (χ2n) is 2.68. The zero-order valence-corrected chi connectivity index (χ0v) is 7.57. The summed E-state index contributed by atoms with van der Waals surface area (Å²) in [5, 5.41) is 6.62. The Bertz CT molecular complexity index is 72.5. The summed E-state index contributed by atoms with van der Waals surface area (Å²) in [4.78, 5) is 0. The van der Waals surface area contributed by atoms with Crippen LogP contribution in [0.4, 0.5) is 0 Å². The summed E-state index contributed by atoms with van der Waals surface area (Å²) in [5.41, 5.74) is 0. The second-order valence-corrected chi connectivity index (χ2v) is 2.68. The van der Waals surface area contributed by atoms with Gasteiger partial charge in [-0.2, -0.15) is 0 Å². The molecule has 1 rings (SSSR count). The van der Waals surface area contributed by atoms with E-state index in [0.29, 0.717) is 6.04 Å². The van der Waals surface area contributed by atoms with E-state index in [4.69, 9.17) is 0 Å². The summed E-state index contributed by atoms with van der Waals surface area (Å²) in [7, 11) is 0. The first kappa shape index (κ1) is 9.92. The standard InChI is InChI=1S/C6H14N2.C2H6.H2/c1-5(2)8-6-3-7-4-6;1-2;/h5-8H,3-4H2,1-2H3;1-2H3;1H. The average molecular weight is 146 g/mol. The topological polar surface area (TPSA) is 24.1 Å². The second kappa shape index (κ2) is 5.69. The van der Waals surface area contributed by atoms with Gasteiger partial charge in [-0.1, -0.05) is 27.7 Å². The molecule has 64 valence electrons. The van der Waals surface area contributed by atoms with Crippen LogP contribution in [0.25, 0.3) is 0 Å². The Balaban J connectivity index is 0. The lowest BCUT2D eigenvalue weighted by Crippen LogP contribution is -2.57. The van der Waals surface area contributed by atoms with E-state index < -0.39 is 0 Å². The van der Waals surface area contributed by atoms with Crippen molar-refractivity contribution in [2.75, 3.05) is 13.1 Å². The Kier molecular flexibility index (Phi) is 5.64. The number of hydrogen-bond donors (Lipinski definition) is 2. The molecule has 0 aromatic heterocycles. The Labute approximate surface area is 65.9 Å². The molecule has 1 aliphatic rings. The molecular formula is C8H22N2. The van der Waals surface area contributed by atoms with Crippen LogP contribution in [0.15, 0.2) is 0 Å². The summed E-state index contributed by atoms with van der Waals surface area (Å²) in [5.74, 6) is 0. The molecule has 1 aliphatic heterocycles. The monoisotopic (exact) mass is 146 g/mol. The minimum Gasteiger partial charge on any atom is -0.314 e. The van der Waals surface area contributed by atoms with Crippen LogP contribution in [0.5, 0.6) is 0 Å². The maximum atomic E-state index is 3.42. The van der Waals surface area contributed by atoms with Crippen molar-refractivity contribution in [3.63, 3.8) is 0 Å². The largest absolute Gasteiger partial charge is 0.314 e. The van der Waals surface area contributed by atoms with Crippen molar-refractivity contribution in [3.8, 4) is 0 Å². The molecule has 0 unspecified atom stereocenters. The van der Waals surface area contributed by atoms with Crippen LogP contribution in [-0.2, 0) is 0 Å². The van der Waals surface area contributed by atoms with Crippen molar-refractivity contribution in [1.82, 2.24) is 10.6 Å². The molecule has 0 atom stereocenters. The summed E-state index contributed by atoms with van der Waals surface area (Å²) in [6.07, 6.45) is 0. The lowest BCUT2D eigenvalue weighted by molar-refractivity contribution is 0.344. The minimum atomic E-state index is 0. The minimum absolute atomic E-state index is 0. The van der Waals surface area contributed by atoms with Gasteiger partial charge < -0.3 is 10.6 Å². The van der Waals surface area contributed by atoms with Crippen molar-refractivity contribution in [1.29, 1.82) is 0 Å². The van der Waals surface area contributed by atoms with E-state index >= 15 is 0 Å². The van der Waals surface area contributed by atoms with Crippen molar-refractivity contribution >= 4 is 0 Å². The zero-order chi connectivity index (χ0) is 7.98. The quantitative estimate of drug-likeness (QED) is 0.612. The molecule has 0 aromatic rings. The summed E-state index contributed by atoms with van der Waals surface area (Å²) in [6, 6.07) is 1.39. The maximum Gasteiger partial charge on any atom is 0.0319 e. The van der Waals surface area contributed by atoms with Gasteiger partial charge in [0.25, 0.3) is 0 Å². The van der Waals surface area contributed by atoms with Crippen molar-refractivity contribution < 1.29 is 1.43 Å². The third kappa shape index (κ3) is 3.85. The predicted molar refractivity (Wildman–Crippen MR) is 48.4 cm³/mol. The third-order valence-electron chi connectivity index (χ3n) is 1.35. The SMILES string of the molecule is CC.CC(C)NC1CNC1.[HH]. The van der Waals surface area contributed by atoms with E-state index in [1.165, 1.54) is 0 Å². The maximum absolute atomic E-state index is 3.42. The van der Waals surface area contributed by atoms with Gasteiger partial charge in [-0.3, -0.25) is 0 Å². The molecule has 10 heavy (non-hydrogen) atoms. The molecule has 2 nitrogen and oxygen atoms in total. The molecular weight excluding hydrogens is 124 g/mol. The van der Waals surface area contributed by atoms with Crippen molar-refractivity contribution in [2.24, 2.45) is 0 Å². The fourth-order valence-electron chi connectivity index (χ4n) is 0.878. The normalized spacial score (nSPS) is 17.7. The van der Waals surface area contributed by atoms with Crippen LogP contribution in [-0.4, -0.2) is 25.2 Å². The first-order chi connectivity index (χ1) is 4.79. The molecule has 0 spiro atoms. The van der Waals surface area contributed by atoms with Crippen LogP contribution < -0.4 is 10.6 Å². The smallest absolute Gasteiger partial charge is 0.0319 e. The molecule has 1 fully saturated rings. The molecule has 1 saturated heterocycles. The highest BCUT2D eigenvalue weighted by molar-refractivity contribution is 4.82. The Hall–Kier alpha value is -0.0800. The van der Waals surface area contributed by atoms with Crippen molar-refractivity contribution in [3.05, 3.63) is 0 Å². The highest BCUT2D eigenvalue weighted by Gasteiger charge is 2.15. The van der Waals surface area contributed by atoms with Crippen LogP contribution in [0.1, 0.15) is 29.1 Å². The Morgan fingerprint density at radius 1 is 1.40 bits per heavy atom. The van der Waals surface area contributed by atoms with E-state index in [9.17, 15) is 0 Å². The van der Waals surface area contributed by atoms with Gasteiger partial charge in [0.05, 0.1) is 0 Å². The van der Waals surface area contributed by atoms with Gasteiger partial charge in [0.1, 0.15) is 0 Å². The van der Waals surface area contributed by atoms with E-state index in [-0.39, 0.29) is 1.43 Å². The van der Waals surface area contributed by atoms with Gasteiger partial charge in [-0.05, 0) is 0 Å². The lowest BCUT2D eigenvalue weighted by Gasteiger charge is -2.29. The fourth-order valence-corrected chi connectivity index (χ4v) is 0.878. The Morgan fingerprint density at radius 3 is 2.00 bits per heavy atom. The van der Waals surface area contributed by atoms with Gasteiger partial charge in [0, 0.05) is 26.6 Å². The molecule has 1 heterocycles. The summed E-state index contributed by atoms with van der Waals surface area (Å²) < 4.78 is 0. The first-order valence-corrected chi connectivity index (χ1v) is 4.26. The van der Waals surface area contributed by atoms with Gasteiger partial charge >= 0.3 is 0 Å². The van der Waals surface area contributed by atoms with E-state index in [1.54, 1.807) is 0 Å². The van der Waals surface area contributed by atoms with Gasteiger partial charge in [0.15, 0.2) is 0 Å². The Morgan fingerprint density at radius 2 is 1.90 bits per heavy atom. The number of hydrogen-bond acceptors (Lipinski definition) is 2. The number of nitrogens with one attached hydrogen (secondary N) is 2. The third-order valence-corrected chi connectivity index (χ3v) is 1.35. The molecule has 0 aliphatic carbocycles. The van der Waals surface area contributed by atoms with E-state index in [0.717, 1.165) is 19.1 Å². The summed E-state index contributed by atoms with van der Waals surface area (Å²) in [6.45, 7) is 10.7. The predicted octanol–water partition coefficient (Wildman–Crippen LogP) is 1.23. The van der Waals surface area contributed by atoms with E-state index in [2.05, 4.69) is 24.5 Å². The fraction of sp³-hybridized carbons (Fsp3) is 1.00. The van der Waals surface area contributed by atoms with Crippen LogP contribution >= 0.6 is 0 Å². The number of rotatable bonds is 2. The van der Waals surface area contributed by atoms with Crippen LogP contribution in [0.2, 0.25) is 0 Å². The van der Waals surface area contributed by atoms with Gasteiger partial charge in [-0.25, -0.2) is 0 Å². The zero-order valence-electron chi connectivity index (χ0n) is 7.57. The molecule has 0 amide bonds. The molecule has 2 N–H and O–H groups in total. The summed E-state index contributed by atoms with van der Waals surface area (Å²) >= 11 is 0. The van der Waals surface area contributed by atoms with Crippen LogP contribution in [0.3, 0.4) is 0 Å². The molecule has 0 saturated carbocycles. The lowest BCUT2D eigenvalue weighted by atomic mass is 10.1. The molecule has 0 aromatic carbocycles. The van der Waals surface area contributed by atoms with Gasteiger partial charge in [-0.15, -0.1) is 0 Å². The van der Waals surface area contributed by atoms with Crippen LogP contribution in [0, 0.1) is 0 Å². The first-order valence-electron chi connectivity index (χ1n) is 4.26. The average Bonchev–Trinajstić information content (AvgIpc) is 1.84. The highest BCUT2D eigenvalue weighted by Crippen LogP contribution is 1.91. The van der Waals surface area contributed by atoms with Crippen molar-refractivity contribution in [2.45, 2.75) is 39.8 Å². The highest BCUT2D eigenvalue weighted by atomic mass is 15.1. The van der Waals surface area contributed by atoms with E-state index in [1.807, 2.05) is 13.8 Å². The molecule has 0 bridgehead atoms.